The summed E-state index contributed by atoms with van der Waals surface area (Å²) < 4.78 is 5.10. The summed E-state index contributed by atoms with van der Waals surface area (Å²) in [6, 6.07) is 21.7. The number of rotatable bonds is 4. The molecule has 0 atom stereocenters. The molecule has 27 heavy (non-hydrogen) atoms. The first-order chi connectivity index (χ1) is 13.2. The first-order valence-corrected chi connectivity index (χ1v) is 8.32. The summed E-state index contributed by atoms with van der Waals surface area (Å²) in [5.41, 5.74) is 4.36. The Morgan fingerprint density at radius 2 is 1.67 bits per heavy atom. The maximum absolute atomic E-state index is 12.9. The van der Waals surface area contributed by atoms with E-state index in [1.165, 1.54) is 12.3 Å². The maximum atomic E-state index is 12.9. The van der Waals surface area contributed by atoms with Crippen LogP contribution in [0.1, 0.15) is 21.7 Å². The Balaban J connectivity index is 1.70. The van der Waals surface area contributed by atoms with Crippen LogP contribution in [-0.2, 0) is 4.79 Å². The van der Waals surface area contributed by atoms with E-state index in [-0.39, 0.29) is 11.5 Å². The van der Waals surface area contributed by atoms with Crippen LogP contribution in [0.5, 0.6) is 0 Å². The molecule has 4 rings (SSSR count). The summed E-state index contributed by atoms with van der Waals surface area (Å²) in [5, 5.41) is 1.15. The number of hydrogen-bond acceptors (Lipinski definition) is 4. The van der Waals surface area contributed by atoms with Crippen LogP contribution in [0.15, 0.2) is 94.2 Å². The largest absolute Gasteiger partial charge is 0.459 e. The third kappa shape index (κ3) is 3.41. The highest BCUT2D eigenvalue weighted by molar-refractivity contribution is 6.20. The number of carbonyl (C=O) groups is 2. The van der Waals surface area contributed by atoms with Gasteiger partial charge < -0.3 is 4.42 Å². The maximum Gasteiger partial charge on any atom is 0.305 e. The van der Waals surface area contributed by atoms with Gasteiger partial charge in [-0.15, -0.1) is 0 Å². The predicted molar refractivity (Wildman–Crippen MR) is 100 cm³/mol. The number of furan rings is 1. The molecule has 3 aromatic rings. The Morgan fingerprint density at radius 3 is 2.33 bits per heavy atom. The van der Waals surface area contributed by atoms with Crippen molar-refractivity contribution in [2.75, 3.05) is 0 Å². The number of aliphatic imine (C=N–C) groups is 1. The van der Waals surface area contributed by atoms with E-state index in [9.17, 15) is 9.59 Å². The summed E-state index contributed by atoms with van der Waals surface area (Å²) >= 11 is 0. The van der Waals surface area contributed by atoms with E-state index in [1.54, 1.807) is 12.1 Å². The number of amides is 2. The van der Waals surface area contributed by atoms with Gasteiger partial charge in [-0.1, -0.05) is 60.7 Å². The molecule has 0 unspecified atom stereocenters. The van der Waals surface area contributed by atoms with E-state index in [0.717, 1.165) is 10.6 Å². The van der Waals surface area contributed by atoms with E-state index in [4.69, 9.17) is 4.42 Å². The van der Waals surface area contributed by atoms with Crippen LogP contribution in [0.25, 0.3) is 6.08 Å². The molecule has 0 spiro atoms. The van der Waals surface area contributed by atoms with Gasteiger partial charge in [-0.05, 0) is 23.8 Å². The molecule has 1 aliphatic rings. The molecule has 2 amide bonds. The van der Waals surface area contributed by atoms with Gasteiger partial charge in [0.05, 0.1) is 6.26 Å². The standard InChI is InChI=1S/C21H15N3O3/c25-20(18-12-7-13-27-18)23-24-19(16-10-5-2-6-11-16)22-17(21(24)26)14-15-8-3-1-4-9-15/h1-14H,(H,23,25). The molecule has 132 valence electrons. The van der Waals surface area contributed by atoms with Crippen LogP contribution in [0, 0.1) is 0 Å². The van der Waals surface area contributed by atoms with Gasteiger partial charge in [0.1, 0.15) is 5.70 Å². The number of amidine groups is 1. The summed E-state index contributed by atoms with van der Waals surface area (Å²) in [6.07, 6.45) is 3.08. The molecule has 2 heterocycles. The number of benzene rings is 2. The molecule has 0 radical (unpaired) electrons. The molecule has 6 heteroatoms. The lowest BCUT2D eigenvalue weighted by molar-refractivity contribution is -0.124. The number of carbonyl (C=O) groups excluding carboxylic acids is 2. The summed E-state index contributed by atoms with van der Waals surface area (Å²) in [4.78, 5) is 29.7. The average Bonchev–Trinajstić information content (AvgIpc) is 3.34. The topological polar surface area (TPSA) is 74.9 Å². The zero-order valence-corrected chi connectivity index (χ0v) is 14.2. The third-order valence-electron chi connectivity index (χ3n) is 3.95. The molecule has 1 aromatic heterocycles. The lowest BCUT2D eigenvalue weighted by Gasteiger charge is -2.18. The van der Waals surface area contributed by atoms with Gasteiger partial charge in [0.25, 0.3) is 5.91 Å². The van der Waals surface area contributed by atoms with Crippen molar-refractivity contribution in [3.8, 4) is 0 Å². The minimum absolute atomic E-state index is 0.107. The molecule has 0 fully saturated rings. The van der Waals surface area contributed by atoms with Crippen LogP contribution < -0.4 is 5.43 Å². The van der Waals surface area contributed by atoms with Gasteiger partial charge in [-0.3, -0.25) is 15.0 Å². The zero-order valence-electron chi connectivity index (χ0n) is 14.2. The summed E-state index contributed by atoms with van der Waals surface area (Å²) in [6.45, 7) is 0. The Hall–Kier alpha value is -3.93. The average molecular weight is 357 g/mol. The first-order valence-electron chi connectivity index (χ1n) is 8.32. The minimum atomic E-state index is -0.530. The van der Waals surface area contributed by atoms with Gasteiger partial charge in [-0.25, -0.2) is 4.99 Å². The second kappa shape index (κ2) is 7.13. The quantitative estimate of drug-likeness (QED) is 0.728. The molecule has 1 aliphatic heterocycles. The number of hydrazine groups is 1. The fourth-order valence-electron chi connectivity index (χ4n) is 2.67. The monoisotopic (exact) mass is 357 g/mol. The molecule has 0 bridgehead atoms. The SMILES string of the molecule is O=C(NN1C(=O)C(=Cc2ccccc2)N=C1c1ccccc1)c1ccco1. The van der Waals surface area contributed by atoms with Crippen LogP contribution in [0.2, 0.25) is 0 Å². The predicted octanol–water partition coefficient (Wildman–Crippen LogP) is 3.25. The fourth-order valence-corrected chi connectivity index (χ4v) is 2.67. The number of nitrogens with zero attached hydrogens (tertiary/aromatic N) is 2. The van der Waals surface area contributed by atoms with Crippen molar-refractivity contribution in [1.29, 1.82) is 0 Å². The van der Waals surface area contributed by atoms with E-state index >= 15 is 0 Å². The van der Waals surface area contributed by atoms with Crippen LogP contribution in [0.3, 0.4) is 0 Å². The van der Waals surface area contributed by atoms with E-state index < -0.39 is 11.8 Å². The van der Waals surface area contributed by atoms with Crippen molar-refractivity contribution in [1.82, 2.24) is 10.4 Å². The van der Waals surface area contributed by atoms with Gasteiger partial charge in [0, 0.05) is 5.56 Å². The second-order valence-electron chi connectivity index (χ2n) is 5.80. The van der Waals surface area contributed by atoms with Crippen molar-refractivity contribution in [2.45, 2.75) is 0 Å². The molecular weight excluding hydrogens is 342 g/mol. The van der Waals surface area contributed by atoms with Gasteiger partial charge in [0.15, 0.2) is 11.6 Å². The molecular formula is C21H15N3O3. The summed E-state index contributed by atoms with van der Waals surface area (Å²) in [7, 11) is 0. The minimum Gasteiger partial charge on any atom is -0.459 e. The Morgan fingerprint density at radius 1 is 0.963 bits per heavy atom. The molecule has 6 nitrogen and oxygen atoms in total. The van der Waals surface area contributed by atoms with Crippen LogP contribution >= 0.6 is 0 Å². The van der Waals surface area contributed by atoms with Gasteiger partial charge >= 0.3 is 5.91 Å². The number of hydrogen-bond donors (Lipinski definition) is 1. The fraction of sp³-hybridized carbons (Fsp3) is 0. The highest BCUT2D eigenvalue weighted by Crippen LogP contribution is 2.21. The molecule has 2 aromatic carbocycles. The number of nitrogens with one attached hydrogen (secondary N) is 1. The lowest BCUT2D eigenvalue weighted by Crippen LogP contribution is -2.47. The zero-order chi connectivity index (χ0) is 18.6. The van der Waals surface area contributed by atoms with Gasteiger partial charge in [-0.2, -0.15) is 5.01 Å². The highest BCUT2D eigenvalue weighted by Gasteiger charge is 2.33. The van der Waals surface area contributed by atoms with E-state index in [1.807, 2.05) is 60.7 Å². The Kier molecular flexibility index (Phi) is 4.37. The van der Waals surface area contributed by atoms with Crippen LogP contribution in [0.4, 0.5) is 0 Å². The normalized spacial score (nSPS) is 15.1. The van der Waals surface area contributed by atoms with Gasteiger partial charge in [0.2, 0.25) is 0 Å². The molecule has 1 N–H and O–H groups in total. The summed E-state index contributed by atoms with van der Waals surface area (Å²) in [5.74, 6) is -0.492. The Labute approximate surface area is 155 Å². The highest BCUT2D eigenvalue weighted by atomic mass is 16.3. The van der Waals surface area contributed by atoms with E-state index in [0.29, 0.717) is 11.4 Å². The lowest BCUT2D eigenvalue weighted by atomic mass is 10.2. The van der Waals surface area contributed by atoms with E-state index in [2.05, 4.69) is 10.4 Å². The first kappa shape index (κ1) is 16.5. The molecule has 0 saturated carbocycles. The van der Waals surface area contributed by atoms with Crippen molar-refractivity contribution in [3.05, 3.63) is 102 Å². The van der Waals surface area contributed by atoms with Crippen molar-refractivity contribution < 1.29 is 14.0 Å². The molecule has 0 saturated heterocycles. The second-order valence-corrected chi connectivity index (χ2v) is 5.80. The van der Waals surface area contributed by atoms with Crippen molar-refractivity contribution in [3.63, 3.8) is 0 Å². The molecule has 0 aliphatic carbocycles. The van der Waals surface area contributed by atoms with Crippen LogP contribution in [-0.4, -0.2) is 22.7 Å². The van der Waals surface area contributed by atoms with Crippen molar-refractivity contribution >= 4 is 23.7 Å². The third-order valence-corrected chi connectivity index (χ3v) is 3.95. The smallest absolute Gasteiger partial charge is 0.305 e. The van der Waals surface area contributed by atoms with Crippen molar-refractivity contribution in [2.24, 2.45) is 4.99 Å². The Bertz CT molecular complexity index is 1020.